The number of carbonyl (C=O) groups is 11. The van der Waals surface area contributed by atoms with E-state index < -0.39 is 171 Å². The molecule has 0 aliphatic rings. The highest BCUT2D eigenvalue weighted by atomic mass is 16.4. The van der Waals surface area contributed by atoms with Gasteiger partial charge in [0, 0.05) is 19.4 Å². The van der Waals surface area contributed by atoms with E-state index in [2.05, 4.69) is 53.2 Å². The molecule has 0 saturated carbocycles. The maximum Gasteiger partial charge on any atom is 0.326 e. The maximum absolute atomic E-state index is 13.6. The summed E-state index contributed by atoms with van der Waals surface area (Å²) in [6, 6.07) is -10.4. The van der Waals surface area contributed by atoms with Crippen LogP contribution in [-0.2, 0) is 59.2 Å². The highest BCUT2D eigenvalue weighted by Crippen LogP contribution is 2.13. The SMILES string of the molecule is CC(C)C[C@H](NC(=O)[C@H](Cc1ccc(O)cc1)NC(=O)[C@H](CO)NC(=O)[C@H](CO)NC(=O)[C@@H](NC(=O)[C@H](CO)NC(=O)[C@H](CCC(N)=O)NC(=O)[C@H](CO)NC(=O)[C@H](C)NC(=O)[C@@H](N)CCCNC(=N)N)C(C)C)C(=O)O. The molecule has 0 aromatic heterocycles. The number of nitrogens with two attached hydrogens (primary N) is 3. The number of phenolic OH excluding ortho intramolecular Hbond substituents is 1. The minimum Gasteiger partial charge on any atom is -0.508 e. The van der Waals surface area contributed by atoms with E-state index in [0.29, 0.717) is 12.0 Å². The Morgan fingerprint density at radius 1 is 0.532 bits per heavy atom. The van der Waals surface area contributed by atoms with Gasteiger partial charge in [-0.1, -0.05) is 39.8 Å². The number of amides is 10. The van der Waals surface area contributed by atoms with E-state index in [4.69, 9.17) is 22.6 Å². The van der Waals surface area contributed by atoms with Gasteiger partial charge < -0.3 is 101 Å². The molecule has 10 amide bonds. The second kappa shape index (κ2) is 34.0. The Kier molecular flexibility index (Phi) is 29.7. The lowest BCUT2D eigenvalue weighted by Crippen LogP contribution is -2.62. The van der Waals surface area contributed by atoms with Crippen LogP contribution in [0.15, 0.2) is 24.3 Å². The summed E-state index contributed by atoms with van der Waals surface area (Å²) >= 11 is 0. The van der Waals surface area contributed by atoms with Crippen molar-refractivity contribution in [2.24, 2.45) is 29.0 Å². The Balaban J connectivity index is 3.15. The van der Waals surface area contributed by atoms with Gasteiger partial charge in [-0.25, -0.2) is 4.79 Å². The highest BCUT2D eigenvalue weighted by Gasteiger charge is 2.36. The van der Waals surface area contributed by atoms with E-state index in [-0.39, 0.29) is 43.4 Å². The average molecular weight is 1100 g/mol. The molecule has 0 fully saturated rings. The minimum absolute atomic E-state index is 0.0268. The van der Waals surface area contributed by atoms with Gasteiger partial charge >= 0.3 is 5.97 Å². The molecule has 432 valence electrons. The number of carbonyl (C=O) groups excluding carboxylic acids is 10. The lowest BCUT2D eigenvalue weighted by Gasteiger charge is -2.28. The van der Waals surface area contributed by atoms with Crippen LogP contribution in [0.1, 0.15) is 72.3 Å². The van der Waals surface area contributed by atoms with E-state index in [1.807, 2.05) is 0 Å². The summed E-state index contributed by atoms with van der Waals surface area (Å²) in [7, 11) is 0. The third-order valence-corrected chi connectivity index (χ3v) is 11.2. The molecule has 0 bridgehead atoms. The van der Waals surface area contributed by atoms with Gasteiger partial charge in [0.05, 0.1) is 32.5 Å². The Labute approximate surface area is 443 Å². The number of benzene rings is 1. The summed E-state index contributed by atoms with van der Waals surface area (Å²) in [5.41, 5.74) is 16.7. The first-order valence-electron chi connectivity index (χ1n) is 24.4. The fourth-order valence-electron chi connectivity index (χ4n) is 6.87. The predicted octanol–water partition coefficient (Wildman–Crippen LogP) is -8.07. The summed E-state index contributed by atoms with van der Waals surface area (Å²) in [6.07, 6.45) is -0.762. The normalized spacial score (nSPS) is 15.0. The van der Waals surface area contributed by atoms with Crippen LogP contribution in [0.5, 0.6) is 5.75 Å². The molecule has 0 spiro atoms. The fourth-order valence-corrected chi connectivity index (χ4v) is 6.87. The third-order valence-electron chi connectivity index (χ3n) is 11.2. The average Bonchev–Trinajstić information content (AvgIpc) is 3.36. The fraction of sp³-hybridized carbons (Fsp3) is 0.609. The number of rotatable bonds is 35. The number of aliphatic hydroxyl groups is 4. The number of hydrogen-bond donors (Lipinski definition) is 20. The van der Waals surface area contributed by atoms with Crippen molar-refractivity contribution >= 4 is 71.0 Å². The number of nitrogens with one attached hydrogen (secondary N) is 11. The second-order valence-corrected chi connectivity index (χ2v) is 18.6. The number of primary amides is 1. The summed E-state index contributed by atoms with van der Waals surface area (Å²) < 4.78 is 0. The largest absolute Gasteiger partial charge is 0.508 e. The zero-order valence-corrected chi connectivity index (χ0v) is 43.4. The molecule has 23 N–H and O–H groups in total. The maximum atomic E-state index is 13.6. The molecule has 31 heteroatoms. The zero-order chi connectivity index (χ0) is 58.7. The van der Waals surface area contributed by atoms with Crippen LogP contribution < -0.4 is 70.4 Å². The van der Waals surface area contributed by atoms with E-state index in [9.17, 15) is 83.4 Å². The van der Waals surface area contributed by atoms with Crippen LogP contribution in [-0.4, -0.2) is 195 Å². The quantitative estimate of drug-likeness (QED) is 0.0171. The number of aliphatic carboxylic acids is 1. The number of hydrogen-bond acceptors (Lipinski definition) is 18. The summed E-state index contributed by atoms with van der Waals surface area (Å²) in [6.45, 7) is 3.47. The van der Waals surface area contributed by atoms with Crippen molar-refractivity contribution in [3.05, 3.63) is 29.8 Å². The smallest absolute Gasteiger partial charge is 0.326 e. The van der Waals surface area contributed by atoms with Gasteiger partial charge in [0.2, 0.25) is 59.1 Å². The molecule has 10 atom stereocenters. The van der Waals surface area contributed by atoms with E-state index >= 15 is 0 Å². The van der Waals surface area contributed by atoms with Crippen LogP contribution in [0.3, 0.4) is 0 Å². The number of phenols is 1. The number of aliphatic hydroxyl groups excluding tert-OH is 4. The molecule has 1 rings (SSSR count). The zero-order valence-electron chi connectivity index (χ0n) is 43.4. The van der Waals surface area contributed by atoms with Gasteiger partial charge in [-0.2, -0.15) is 0 Å². The van der Waals surface area contributed by atoms with Crippen molar-refractivity contribution in [3.63, 3.8) is 0 Å². The molecule has 0 radical (unpaired) electrons. The minimum atomic E-state index is -1.87. The standard InChI is InChI=1S/C46H76N14O17/c1-21(2)15-29(45(76)77)55-39(70)28(16-24-8-10-25(65)11-9-24)54-41(72)31(18-62)58-42(73)32(19-63)59-44(75)35(22(3)4)60-43(74)33(20-64)57-38(69)27(12-13-34(48)66)53-40(71)30(17-61)56-36(67)23(5)52-37(68)26(47)7-6-14-51-46(49)50/h8-11,21-23,26-33,35,61-65H,6-7,12-20,47H2,1-5H3,(H2,48,66)(H,52,68)(H,53,71)(H,54,72)(H,55,70)(H,56,67)(H,57,69)(H,58,73)(H,59,75)(H,60,74)(H,76,77)(H4,49,50,51)/t23-,26-,27-,28-,29-,30-,31-,32-,33-,35-/m0/s1. The molecular weight excluding hydrogens is 1020 g/mol. The van der Waals surface area contributed by atoms with Crippen LogP contribution >= 0.6 is 0 Å². The lowest BCUT2D eigenvalue weighted by atomic mass is 10.0. The number of aromatic hydroxyl groups is 1. The molecule has 1 aromatic rings. The van der Waals surface area contributed by atoms with Crippen LogP contribution in [0.4, 0.5) is 0 Å². The predicted molar refractivity (Wildman–Crippen MR) is 271 cm³/mol. The lowest BCUT2D eigenvalue weighted by molar-refractivity contribution is -0.143. The van der Waals surface area contributed by atoms with Crippen molar-refractivity contribution in [3.8, 4) is 5.75 Å². The van der Waals surface area contributed by atoms with Gasteiger partial charge in [-0.15, -0.1) is 0 Å². The molecule has 1 aromatic carbocycles. The molecule has 0 unspecified atom stereocenters. The Hall–Kier alpha value is -7.74. The Bertz CT molecular complexity index is 2200. The summed E-state index contributed by atoms with van der Waals surface area (Å²) in [5.74, 6) is -13.4. The first-order valence-corrected chi connectivity index (χ1v) is 24.4. The highest BCUT2D eigenvalue weighted by molar-refractivity contribution is 5.98. The van der Waals surface area contributed by atoms with Gasteiger partial charge in [-0.3, -0.25) is 53.4 Å². The topological polar surface area (TPSA) is 531 Å². The van der Waals surface area contributed by atoms with Crippen LogP contribution in [0.25, 0.3) is 0 Å². The van der Waals surface area contributed by atoms with E-state index in [1.165, 1.54) is 45.0 Å². The number of carboxylic acids is 1. The summed E-state index contributed by atoms with van der Waals surface area (Å²) in [4.78, 5) is 143. The first-order chi connectivity index (χ1) is 36.1. The van der Waals surface area contributed by atoms with Gasteiger partial charge in [0.25, 0.3) is 0 Å². The molecule has 0 saturated heterocycles. The summed E-state index contributed by atoms with van der Waals surface area (Å²) in [5, 5.41) is 89.8. The number of carboxylic acid groups (broad SMARTS) is 1. The van der Waals surface area contributed by atoms with Crippen molar-refractivity contribution in [1.29, 1.82) is 5.41 Å². The molecule has 0 aliphatic carbocycles. The molecule has 0 aliphatic heterocycles. The monoisotopic (exact) mass is 1100 g/mol. The molecular formula is C46H76N14O17. The van der Waals surface area contributed by atoms with Gasteiger partial charge in [-0.05, 0) is 62.1 Å². The van der Waals surface area contributed by atoms with E-state index in [0.717, 1.165) is 0 Å². The second-order valence-electron chi connectivity index (χ2n) is 18.6. The Morgan fingerprint density at radius 2 is 0.948 bits per heavy atom. The van der Waals surface area contributed by atoms with Crippen LogP contribution in [0.2, 0.25) is 0 Å². The molecule has 77 heavy (non-hydrogen) atoms. The number of guanidine groups is 1. The van der Waals surface area contributed by atoms with Gasteiger partial charge in [0.15, 0.2) is 5.96 Å². The first kappa shape index (κ1) is 67.3. The third kappa shape index (κ3) is 24.7. The van der Waals surface area contributed by atoms with Crippen molar-refractivity contribution < 1.29 is 83.4 Å². The molecule has 31 nitrogen and oxygen atoms in total. The van der Waals surface area contributed by atoms with Crippen molar-refractivity contribution in [2.45, 2.75) is 134 Å². The molecule has 0 heterocycles. The van der Waals surface area contributed by atoms with Gasteiger partial charge in [0.1, 0.15) is 60.1 Å². The van der Waals surface area contributed by atoms with Crippen LogP contribution in [0, 0.1) is 17.2 Å². The Morgan fingerprint density at radius 3 is 1.39 bits per heavy atom. The van der Waals surface area contributed by atoms with E-state index in [1.54, 1.807) is 13.8 Å². The van der Waals surface area contributed by atoms with Crippen molar-refractivity contribution in [2.75, 3.05) is 33.0 Å². The van der Waals surface area contributed by atoms with Crippen molar-refractivity contribution in [1.82, 2.24) is 53.2 Å².